The van der Waals surface area contributed by atoms with Crippen molar-refractivity contribution >= 4 is 54.3 Å². The molecular weight excluding hydrogens is 709 g/mol. The molecule has 284 valence electrons. The first-order valence-electron chi connectivity index (χ1n) is 17.3. The van der Waals surface area contributed by atoms with Crippen molar-refractivity contribution in [1.29, 1.82) is 0 Å². The molecule has 4 rings (SSSR count). The van der Waals surface area contributed by atoms with Crippen LogP contribution in [0.3, 0.4) is 0 Å². The predicted octanol–water partition coefficient (Wildman–Crippen LogP) is 4.07. The first-order chi connectivity index (χ1) is 24.7. The predicted molar refractivity (Wildman–Crippen MR) is 196 cm³/mol. The van der Waals surface area contributed by atoms with Crippen LogP contribution in [0.5, 0.6) is 0 Å². The number of ether oxygens (including phenoxy) is 7. The van der Waals surface area contributed by atoms with E-state index in [1.807, 2.05) is 49.4 Å². The van der Waals surface area contributed by atoms with Crippen molar-refractivity contribution < 1.29 is 56.8 Å². The minimum Gasteiger partial charge on any atom is -0.463 e. The average Bonchev–Trinajstić information content (AvgIpc) is 3.07. The molecule has 0 aromatic heterocycles. The Balaban J connectivity index is 1.75. The maximum atomic E-state index is 12.5. The molecule has 12 nitrogen and oxygen atoms in total. The van der Waals surface area contributed by atoms with E-state index in [0.717, 1.165) is 10.4 Å². The molecule has 0 bridgehead atoms. The number of hydrogen-bond acceptors (Lipinski definition) is 13. The fraction of sp³-hybridized carbons (Fsp3) is 0.526. The molecule has 52 heavy (non-hydrogen) atoms. The Labute approximate surface area is 310 Å². The van der Waals surface area contributed by atoms with Gasteiger partial charge in [-0.05, 0) is 28.4 Å². The van der Waals surface area contributed by atoms with Crippen LogP contribution in [0, 0.1) is 0 Å². The molecule has 0 N–H and O–H groups in total. The molecule has 2 aromatic rings. The molecule has 1 fully saturated rings. The van der Waals surface area contributed by atoms with Crippen LogP contribution in [0.15, 0.2) is 72.8 Å². The van der Waals surface area contributed by atoms with Gasteiger partial charge >= 0.3 is 23.9 Å². The van der Waals surface area contributed by atoms with E-state index in [1.54, 1.807) is 6.08 Å². The molecule has 0 radical (unpaired) electrons. The summed E-state index contributed by atoms with van der Waals surface area (Å²) in [5.74, 6) is -2.66. The summed E-state index contributed by atoms with van der Waals surface area (Å²) >= 11 is 1.26. The van der Waals surface area contributed by atoms with E-state index in [-0.39, 0.29) is 18.3 Å². The number of carbonyl (C=O) groups is 4. The molecule has 0 amide bonds. The third-order valence-electron chi connectivity index (χ3n) is 8.58. The second-order valence-electron chi connectivity index (χ2n) is 13.5. The molecule has 0 spiro atoms. The highest BCUT2D eigenvalue weighted by Gasteiger charge is 2.54. The molecule has 2 aliphatic rings. The summed E-state index contributed by atoms with van der Waals surface area (Å²) in [4.78, 5) is 48.9. The molecule has 2 aliphatic heterocycles. The quantitative estimate of drug-likeness (QED) is 0.118. The summed E-state index contributed by atoms with van der Waals surface area (Å²) in [5.41, 5.74) is -1.00. The Kier molecular flexibility index (Phi) is 14.7. The Morgan fingerprint density at radius 1 is 0.692 bits per heavy atom. The number of thioether (sulfide) groups is 1. The van der Waals surface area contributed by atoms with E-state index in [9.17, 15) is 19.2 Å². The Hall–Kier alpha value is -3.53. The number of hydrogen-bond donors (Lipinski definition) is 0. The molecule has 14 heteroatoms. The van der Waals surface area contributed by atoms with Crippen molar-refractivity contribution in [2.45, 2.75) is 108 Å². The smallest absolute Gasteiger partial charge is 0.303 e. The van der Waals surface area contributed by atoms with E-state index in [0.29, 0.717) is 6.61 Å². The van der Waals surface area contributed by atoms with Crippen LogP contribution in [0.4, 0.5) is 0 Å². The van der Waals surface area contributed by atoms with E-state index >= 15 is 0 Å². The van der Waals surface area contributed by atoms with Gasteiger partial charge < -0.3 is 37.6 Å². The van der Waals surface area contributed by atoms with Gasteiger partial charge in [0.1, 0.15) is 18.1 Å². The average molecular weight is 759 g/mol. The largest absolute Gasteiger partial charge is 0.463 e. The second kappa shape index (κ2) is 18.5. The number of benzene rings is 2. The van der Waals surface area contributed by atoms with Gasteiger partial charge in [0.25, 0.3) is 8.32 Å². The normalized spacial score (nSPS) is 26.2. The zero-order valence-corrected chi connectivity index (χ0v) is 32.8. The Morgan fingerprint density at radius 3 is 1.73 bits per heavy atom. The maximum absolute atomic E-state index is 12.5. The van der Waals surface area contributed by atoms with Crippen molar-refractivity contribution in [3.05, 3.63) is 72.8 Å². The van der Waals surface area contributed by atoms with E-state index < -0.39 is 79.7 Å². The van der Waals surface area contributed by atoms with Crippen molar-refractivity contribution in [1.82, 2.24) is 0 Å². The zero-order chi connectivity index (χ0) is 38.1. The number of esters is 4. The summed E-state index contributed by atoms with van der Waals surface area (Å²) in [6, 6.07) is 20.5. The summed E-state index contributed by atoms with van der Waals surface area (Å²) in [5, 5.41) is 1.44. The van der Waals surface area contributed by atoms with Crippen molar-refractivity contribution in [3.8, 4) is 0 Å². The van der Waals surface area contributed by atoms with Gasteiger partial charge in [0, 0.05) is 34.3 Å². The maximum Gasteiger partial charge on any atom is 0.303 e. The lowest BCUT2D eigenvalue weighted by atomic mass is 9.99. The van der Waals surface area contributed by atoms with Crippen LogP contribution < -0.4 is 10.4 Å². The van der Waals surface area contributed by atoms with Gasteiger partial charge in [-0.1, -0.05) is 87.5 Å². The Bertz CT molecular complexity index is 1490. The molecule has 0 aliphatic carbocycles. The Morgan fingerprint density at radius 2 is 1.23 bits per heavy atom. The molecule has 1 saturated heterocycles. The summed E-state index contributed by atoms with van der Waals surface area (Å²) in [6.07, 6.45) is -2.35. The lowest BCUT2D eigenvalue weighted by Crippen LogP contribution is -2.67. The van der Waals surface area contributed by atoms with Gasteiger partial charge in [0.05, 0.1) is 18.0 Å². The third kappa shape index (κ3) is 10.3. The van der Waals surface area contributed by atoms with Crippen molar-refractivity contribution in [2.75, 3.05) is 19.8 Å². The van der Waals surface area contributed by atoms with Crippen molar-refractivity contribution in [3.63, 3.8) is 0 Å². The molecule has 8 atom stereocenters. The summed E-state index contributed by atoms with van der Waals surface area (Å²) < 4.78 is 48.3. The van der Waals surface area contributed by atoms with Gasteiger partial charge in [-0.15, -0.1) is 11.8 Å². The van der Waals surface area contributed by atoms with E-state index in [2.05, 4.69) is 45.0 Å². The molecular formula is C38H50O12SSi. The van der Waals surface area contributed by atoms with Gasteiger partial charge in [-0.3, -0.25) is 19.2 Å². The fourth-order valence-electron chi connectivity index (χ4n) is 6.57. The van der Waals surface area contributed by atoms with Crippen LogP contribution in [0.25, 0.3) is 0 Å². The third-order valence-corrected chi connectivity index (χ3v) is 15.0. The summed E-state index contributed by atoms with van der Waals surface area (Å²) in [6.45, 7) is 13.5. The number of carbonyl (C=O) groups excluding carboxylic acids is 4. The highest BCUT2D eigenvalue weighted by molar-refractivity contribution is 8.00. The second-order valence-corrected chi connectivity index (χ2v) is 19.1. The van der Waals surface area contributed by atoms with Crippen LogP contribution in [-0.4, -0.2) is 99.5 Å². The minimum absolute atomic E-state index is 0.157. The molecule has 0 unspecified atom stereocenters. The monoisotopic (exact) mass is 758 g/mol. The first-order valence-corrected chi connectivity index (χ1v) is 20.2. The van der Waals surface area contributed by atoms with E-state index in [1.165, 1.54) is 39.5 Å². The molecule has 0 saturated carbocycles. The minimum atomic E-state index is -2.99. The standard InChI is InChI=1S/C38H50O12SSi/c1-9-43-33-21-20-32(30(49-33)23-45-52(38(6,7)8,28-16-12-10-13-17-28)29-18-14-11-15-19-29)51-37-36(48-27(5)42)35(47-26(4)41)34(46-25(3)40)31(50-37)22-44-24(2)39/h10-21,30-37H,9,22-23H2,1-8H3/t30-,31-,32+,33+,34-,35+,36-,37+/m1/s1. The van der Waals surface area contributed by atoms with Gasteiger partial charge in [-0.2, -0.15) is 0 Å². The lowest BCUT2D eigenvalue weighted by Gasteiger charge is -2.46. The van der Waals surface area contributed by atoms with Crippen LogP contribution >= 0.6 is 11.8 Å². The SMILES string of the molecule is CCO[C@@H]1C=C[C@H](S[C@@H]2O[C@H](COC(C)=O)[C@@H](OC(C)=O)[C@H](OC(C)=O)[C@H]2OC(C)=O)[C@@H](CO[Si](c2ccccc2)(c2ccccc2)C(C)(C)C)O1. The lowest BCUT2D eigenvalue weighted by molar-refractivity contribution is -0.237. The van der Waals surface area contributed by atoms with E-state index in [4.69, 9.17) is 37.6 Å². The van der Waals surface area contributed by atoms with Crippen molar-refractivity contribution in [2.24, 2.45) is 0 Å². The fourth-order valence-corrected chi connectivity index (χ4v) is 12.5. The summed E-state index contributed by atoms with van der Waals surface area (Å²) in [7, 11) is -2.99. The first kappa shape index (κ1) is 41.2. The highest BCUT2D eigenvalue weighted by atomic mass is 32.2. The van der Waals surface area contributed by atoms with Gasteiger partial charge in [0.15, 0.2) is 24.6 Å². The molecule has 2 aromatic carbocycles. The van der Waals surface area contributed by atoms with Gasteiger partial charge in [-0.25, -0.2) is 0 Å². The van der Waals surface area contributed by atoms with Crippen LogP contribution in [0.2, 0.25) is 5.04 Å². The van der Waals surface area contributed by atoms with Gasteiger partial charge in [0.2, 0.25) is 0 Å². The zero-order valence-electron chi connectivity index (χ0n) is 31.0. The number of rotatable bonds is 14. The highest BCUT2D eigenvalue weighted by Crippen LogP contribution is 2.41. The molecule has 2 heterocycles. The van der Waals surface area contributed by atoms with Crippen LogP contribution in [0.1, 0.15) is 55.4 Å². The topological polar surface area (TPSA) is 142 Å². The van der Waals surface area contributed by atoms with Crippen LogP contribution in [-0.2, 0) is 56.8 Å².